The van der Waals surface area contributed by atoms with Crippen molar-refractivity contribution in [2.24, 2.45) is 23.5 Å². The van der Waals surface area contributed by atoms with Gasteiger partial charge in [0.15, 0.2) is 0 Å². The lowest BCUT2D eigenvalue weighted by atomic mass is 10.0. The highest BCUT2D eigenvalue weighted by Gasteiger charge is 2.37. The molecule has 4 atom stereocenters. The van der Waals surface area contributed by atoms with Gasteiger partial charge in [0.25, 0.3) is 0 Å². The molecule has 1 rings (SSSR count). The van der Waals surface area contributed by atoms with Gasteiger partial charge in [-0.1, -0.05) is 19.1 Å². The summed E-state index contributed by atoms with van der Waals surface area (Å²) in [6, 6.07) is 0.313. The summed E-state index contributed by atoms with van der Waals surface area (Å²) in [6.07, 6.45) is 6.28. The minimum absolute atomic E-state index is 0.265. The molecule has 2 heteroatoms. The zero-order valence-corrected chi connectivity index (χ0v) is 9.36. The molecule has 0 heterocycles. The molecule has 0 bridgehead atoms. The van der Waals surface area contributed by atoms with Gasteiger partial charge in [-0.3, -0.25) is 0 Å². The Kier molecular flexibility index (Phi) is 3.87. The third kappa shape index (κ3) is 3.62. The zero-order chi connectivity index (χ0) is 10.7. The zero-order valence-electron chi connectivity index (χ0n) is 9.36. The van der Waals surface area contributed by atoms with E-state index in [9.17, 15) is 4.79 Å². The highest BCUT2D eigenvalue weighted by Crippen LogP contribution is 2.41. The van der Waals surface area contributed by atoms with Gasteiger partial charge in [-0.25, -0.2) is 0 Å². The van der Waals surface area contributed by atoms with E-state index in [4.69, 9.17) is 5.73 Å². The van der Waals surface area contributed by atoms with Gasteiger partial charge in [0.2, 0.25) is 0 Å². The summed E-state index contributed by atoms with van der Waals surface area (Å²) >= 11 is 0. The average molecular weight is 195 g/mol. The van der Waals surface area contributed by atoms with Crippen LogP contribution in [0.25, 0.3) is 0 Å². The summed E-state index contributed by atoms with van der Waals surface area (Å²) in [7, 11) is 0. The molecule has 2 N–H and O–H groups in total. The van der Waals surface area contributed by atoms with Crippen molar-refractivity contribution in [2.45, 2.75) is 39.7 Å². The van der Waals surface area contributed by atoms with Crippen molar-refractivity contribution >= 4 is 5.78 Å². The van der Waals surface area contributed by atoms with Crippen LogP contribution in [0, 0.1) is 17.8 Å². The Balaban J connectivity index is 2.25. The summed E-state index contributed by atoms with van der Waals surface area (Å²) in [5.74, 6) is 1.99. The molecular weight excluding hydrogens is 174 g/mol. The number of allylic oxidation sites excluding steroid dienone is 2. The first kappa shape index (κ1) is 11.4. The molecule has 2 unspecified atom stereocenters. The summed E-state index contributed by atoms with van der Waals surface area (Å²) in [5.41, 5.74) is 5.79. The number of hydrogen-bond donors (Lipinski definition) is 1. The quantitative estimate of drug-likeness (QED) is 0.683. The van der Waals surface area contributed by atoms with Gasteiger partial charge in [-0.15, -0.1) is 0 Å². The number of nitrogens with two attached hydrogens (primary N) is 1. The van der Waals surface area contributed by atoms with Crippen molar-refractivity contribution in [2.75, 3.05) is 0 Å². The monoisotopic (exact) mass is 195 g/mol. The predicted molar refractivity (Wildman–Crippen MR) is 58.8 cm³/mol. The third-order valence-electron chi connectivity index (χ3n) is 2.86. The maximum absolute atomic E-state index is 10.8. The van der Waals surface area contributed by atoms with Crippen LogP contribution < -0.4 is 5.73 Å². The third-order valence-corrected chi connectivity index (χ3v) is 2.86. The van der Waals surface area contributed by atoms with Gasteiger partial charge in [0, 0.05) is 12.5 Å². The smallest absolute Gasteiger partial charge is 0.130 e. The Morgan fingerprint density at radius 1 is 1.57 bits per heavy atom. The minimum atomic E-state index is 0.265. The molecule has 0 amide bonds. The summed E-state index contributed by atoms with van der Waals surface area (Å²) in [4.78, 5) is 10.8. The molecule has 0 aromatic rings. The van der Waals surface area contributed by atoms with Crippen molar-refractivity contribution in [3.8, 4) is 0 Å². The van der Waals surface area contributed by atoms with Crippen LogP contribution in [0.5, 0.6) is 0 Å². The van der Waals surface area contributed by atoms with Crippen LogP contribution in [0.15, 0.2) is 12.2 Å². The highest BCUT2D eigenvalue weighted by molar-refractivity contribution is 5.75. The van der Waals surface area contributed by atoms with Gasteiger partial charge in [-0.05, 0) is 38.0 Å². The Labute approximate surface area is 86.6 Å². The number of hydrogen-bond acceptors (Lipinski definition) is 2. The molecular formula is C12H21NO. The van der Waals surface area contributed by atoms with E-state index >= 15 is 0 Å². The molecule has 80 valence electrons. The lowest BCUT2D eigenvalue weighted by molar-refractivity contribution is -0.117. The van der Waals surface area contributed by atoms with E-state index in [1.165, 1.54) is 6.42 Å². The van der Waals surface area contributed by atoms with E-state index in [-0.39, 0.29) is 5.78 Å². The van der Waals surface area contributed by atoms with E-state index in [0.717, 1.165) is 0 Å². The number of Topliss-reactive ketones (excluding diaryl/α,β-unsaturated/α-hetero) is 1. The van der Waals surface area contributed by atoms with Crippen LogP contribution in [-0.4, -0.2) is 11.8 Å². The van der Waals surface area contributed by atoms with Crippen LogP contribution in [0.1, 0.15) is 33.6 Å². The van der Waals surface area contributed by atoms with E-state index in [2.05, 4.69) is 26.0 Å². The predicted octanol–water partition coefficient (Wildman–Crippen LogP) is 2.14. The Morgan fingerprint density at radius 3 is 2.64 bits per heavy atom. The van der Waals surface area contributed by atoms with Gasteiger partial charge in [0.05, 0.1) is 0 Å². The summed E-state index contributed by atoms with van der Waals surface area (Å²) in [6.45, 7) is 5.80. The Morgan fingerprint density at radius 2 is 2.21 bits per heavy atom. The first-order chi connectivity index (χ1) is 6.50. The van der Waals surface area contributed by atoms with E-state index in [1.54, 1.807) is 6.92 Å². The molecule has 1 fully saturated rings. The summed E-state index contributed by atoms with van der Waals surface area (Å²) in [5, 5.41) is 0. The van der Waals surface area contributed by atoms with Gasteiger partial charge in [-0.2, -0.15) is 0 Å². The topological polar surface area (TPSA) is 43.1 Å². The van der Waals surface area contributed by atoms with Crippen molar-refractivity contribution in [3.63, 3.8) is 0 Å². The molecule has 1 aliphatic rings. The maximum atomic E-state index is 10.8. The molecule has 0 spiro atoms. The fourth-order valence-corrected chi connectivity index (χ4v) is 1.92. The Hall–Kier alpha value is -0.630. The molecule has 2 nitrogen and oxygen atoms in total. The second-order valence-corrected chi connectivity index (χ2v) is 4.69. The first-order valence-electron chi connectivity index (χ1n) is 5.44. The molecule has 0 aromatic carbocycles. The molecule has 0 aromatic heterocycles. The molecule has 14 heavy (non-hydrogen) atoms. The molecule has 1 aliphatic carbocycles. The van der Waals surface area contributed by atoms with Crippen molar-refractivity contribution < 1.29 is 4.79 Å². The van der Waals surface area contributed by atoms with Crippen LogP contribution >= 0.6 is 0 Å². The molecule has 1 saturated carbocycles. The number of ketones is 1. The SMILES string of the molecule is CC(=O)C[C@H](C)/C=C\[C@@H]1CC1C(C)N. The van der Waals surface area contributed by atoms with Crippen LogP contribution in [0.2, 0.25) is 0 Å². The van der Waals surface area contributed by atoms with Gasteiger partial charge in [0.1, 0.15) is 5.78 Å². The van der Waals surface area contributed by atoms with Gasteiger partial charge >= 0.3 is 0 Å². The van der Waals surface area contributed by atoms with Crippen molar-refractivity contribution in [1.29, 1.82) is 0 Å². The largest absolute Gasteiger partial charge is 0.328 e. The average Bonchev–Trinajstić information content (AvgIpc) is 2.78. The maximum Gasteiger partial charge on any atom is 0.130 e. The van der Waals surface area contributed by atoms with E-state index in [0.29, 0.717) is 30.2 Å². The summed E-state index contributed by atoms with van der Waals surface area (Å²) < 4.78 is 0. The van der Waals surface area contributed by atoms with Crippen LogP contribution in [-0.2, 0) is 4.79 Å². The molecule has 0 aliphatic heterocycles. The fourth-order valence-electron chi connectivity index (χ4n) is 1.92. The van der Waals surface area contributed by atoms with Crippen molar-refractivity contribution in [1.82, 2.24) is 0 Å². The standard InChI is InChI=1S/C12H21NO/c1-8(6-9(2)14)4-5-11-7-12(11)10(3)13/h4-5,8,10-12H,6-7,13H2,1-3H3/b5-4-/t8-,10?,11-,12?/m1/s1. The number of carbonyl (C=O) groups excluding carboxylic acids is 1. The lowest BCUT2D eigenvalue weighted by Crippen LogP contribution is -2.17. The van der Waals surface area contributed by atoms with Gasteiger partial charge < -0.3 is 10.5 Å². The second-order valence-electron chi connectivity index (χ2n) is 4.69. The normalized spacial score (nSPS) is 30.3. The first-order valence-corrected chi connectivity index (χ1v) is 5.44. The number of rotatable bonds is 5. The number of carbonyl (C=O) groups is 1. The molecule has 0 radical (unpaired) electrons. The van der Waals surface area contributed by atoms with E-state index < -0.39 is 0 Å². The Bertz CT molecular complexity index is 232. The van der Waals surface area contributed by atoms with Crippen LogP contribution in [0.4, 0.5) is 0 Å². The van der Waals surface area contributed by atoms with E-state index in [1.807, 2.05) is 0 Å². The molecule has 0 saturated heterocycles. The lowest BCUT2D eigenvalue weighted by Gasteiger charge is -2.02. The minimum Gasteiger partial charge on any atom is -0.328 e. The second kappa shape index (κ2) is 4.74. The fraction of sp³-hybridized carbons (Fsp3) is 0.750. The van der Waals surface area contributed by atoms with Crippen molar-refractivity contribution in [3.05, 3.63) is 12.2 Å². The highest BCUT2D eigenvalue weighted by atomic mass is 16.1. The van der Waals surface area contributed by atoms with Crippen LogP contribution in [0.3, 0.4) is 0 Å².